The molecular weight excluding hydrogens is 306 g/mol. The van der Waals surface area contributed by atoms with Gasteiger partial charge in [-0.1, -0.05) is 55.6 Å². The molecule has 3 nitrogen and oxygen atoms in total. The van der Waals surface area contributed by atoms with E-state index in [0.29, 0.717) is 17.5 Å². The number of rotatable bonds is 9. The van der Waals surface area contributed by atoms with E-state index in [-0.39, 0.29) is 5.91 Å². The summed E-state index contributed by atoms with van der Waals surface area (Å²) < 4.78 is 0. The lowest BCUT2D eigenvalue weighted by atomic mass is 10.1. The molecule has 0 spiro atoms. The average Bonchev–Trinajstić information content (AvgIpc) is 3.09. The number of hydrogen-bond donors (Lipinski definition) is 1. The quantitative estimate of drug-likeness (QED) is 0.645. The lowest BCUT2D eigenvalue weighted by Gasteiger charge is -2.07. The third kappa shape index (κ3) is 7.21. The topological polar surface area (TPSA) is 46.2 Å². The van der Waals surface area contributed by atoms with Crippen molar-refractivity contribution in [2.75, 3.05) is 11.1 Å². The first-order chi connectivity index (χ1) is 11.3. The van der Waals surface area contributed by atoms with E-state index in [1.807, 2.05) is 30.3 Å². The average molecular weight is 333 g/mol. The van der Waals surface area contributed by atoms with Crippen molar-refractivity contribution in [2.24, 2.45) is 5.92 Å². The lowest BCUT2D eigenvalue weighted by molar-refractivity contribution is -0.116. The van der Waals surface area contributed by atoms with Crippen LogP contribution < -0.4 is 5.32 Å². The minimum atomic E-state index is 0.0852. The monoisotopic (exact) mass is 333 g/mol. The summed E-state index contributed by atoms with van der Waals surface area (Å²) in [5.74, 6) is 1.36. The van der Waals surface area contributed by atoms with Gasteiger partial charge in [-0.2, -0.15) is 0 Å². The first-order valence-electron chi connectivity index (χ1n) is 8.77. The van der Waals surface area contributed by atoms with E-state index < -0.39 is 0 Å². The summed E-state index contributed by atoms with van der Waals surface area (Å²) in [6, 6.07) is 9.57. The number of unbranched alkanes of at least 4 members (excludes halogenated alkanes) is 3. The number of hydrogen-bond acceptors (Lipinski definition) is 3. The lowest BCUT2D eigenvalue weighted by Crippen LogP contribution is -2.10. The Bertz CT molecular complexity index is 483. The van der Waals surface area contributed by atoms with Gasteiger partial charge in [-0.15, -0.1) is 0 Å². The summed E-state index contributed by atoms with van der Waals surface area (Å²) in [7, 11) is 0. The Labute approximate surface area is 143 Å². The fourth-order valence-electron chi connectivity index (χ4n) is 2.94. The van der Waals surface area contributed by atoms with E-state index in [1.54, 1.807) is 0 Å². The highest BCUT2D eigenvalue weighted by Gasteiger charge is 2.22. The van der Waals surface area contributed by atoms with Gasteiger partial charge in [0, 0.05) is 23.8 Å². The summed E-state index contributed by atoms with van der Waals surface area (Å²) in [5, 5.41) is 3.31. The Morgan fingerprint density at radius 3 is 2.43 bits per heavy atom. The molecule has 0 atom stereocenters. The summed E-state index contributed by atoms with van der Waals surface area (Å²) >= 11 is 1.52. The summed E-state index contributed by atoms with van der Waals surface area (Å²) in [5.41, 5.74) is 0.860. The van der Waals surface area contributed by atoms with Gasteiger partial charge in [-0.05, 0) is 37.8 Å². The normalized spacial score (nSPS) is 14.8. The Balaban J connectivity index is 1.44. The van der Waals surface area contributed by atoms with Crippen molar-refractivity contribution < 1.29 is 9.59 Å². The highest BCUT2D eigenvalue weighted by atomic mass is 32.2. The zero-order chi connectivity index (χ0) is 16.3. The summed E-state index contributed by atoms with van der Waals surface area (Å²) in [6.45, 7) is 0. The van der Waals surface area contributed by atoms with Crippen LogP contribution >= 0.6 is 11.8 Å². The van der Waals surface area contributed by atoms with Crippen LogP contribution in [0.25, 0.3) is 0 Å². The molecule has 4 heteroatoms. The third-order valence-electron chi connectivity index (χ3n) is 4.29. The predicted molar refractivity (Wildman–Crippen MR) is 97.6 cm³/mol. The molecule has 0 radical (unpaired) electrons. The van der Waals surface area contributed by atoms with Gasteiger partial charge in [0.15, 0.2) is 5.12 Å². The molecule has 0 heterocycles. The van der Waals surface area contributed by atoms with Crippen molar-refractivity contribution >= 4 is 28.5 Å². The molecule has 1 amide bonds. The largest absolute Gasteiger partial charge is 0.326 e. The van der Waals surface area contributed by atoms with Crippen molar-refractivity contribution in [1.82, 2.24) is 0 Å². The maximum atomic E-state index is 11.9. The van der Waals surface area contributed by atoms with Crippen LogP contribution in [-0.2, 0) is 9.59 Å². The van der Waals surface area contributed by atoms with Crippen LogP contribution in [0.2, 0.25) is 0 Å². The minimum Gasteiger partial charge on any atom is -0.326 e. The molecule has 1 saturated carbocycles. The van der Waals surface area contributed by atoms with Gasteiger partial charge in [0.2, 0.25) is 5.91 Å². The molecule has 23 heavy (non-hydrogen) atoms. The second-order valence-electron chi connectivity index (χ2n) is 6.23. The fraction of sp³-hybridized carbons (Fsp3) is 0.579. The molecule has 1 aromatic rings. The number of nitrogens with one attached hydrogen (secondary N) is 1. The van der Waals surface area contributed by atoms with E-state index in [2.05, 4.69) is 5.32 Å². The van der Waals surface area contributed by atoms with Crippen molar-refractivity contribution in [3.05, 3.63) is 30.3 Å². The molecule has 0 aliphatic heterocycles. The molecule has 1 fully saturated rings. The van der Waals surface area contributed by atoms with Gasteiger partial charge < -0.3 is 5.32 Å². The zero-order valence-corrected chi connectivity index (χ0v) is 14.6. The molecule has 1 N–H and O–H groups in total. The maximum absolute atomic E-state index is 11.9. The minimum absolute atomic E-state index is 0.0852. The first-order valence-corrected chi connectivity index (χ1v) is 9.76. The van der Waals surface area contributed by atoms with Gasteiger partial charge in [0.05, 0.1) is 0 Å². The number of carbonyl (C=O) groups excluding carboxylic acids is 2. The second kappa shape index (κ2) is 10.5. The first kappa shape index (κ1) is 18.1. The van der Waals surface area contributed by atoms with Crippen LogP contribution in [0.15, 0.2) is 30.3 Å². The Morgan fingerprint density at radius 2 is 1.70 bits per heavy atom. The van der Waals surface area contributed by atoms with E-state index in [1.165, 1.54) is 24.6 Å². The van der Waals surface area contributed by atoms with Crippen molar-refractivity contribution in [2.45, 2.75) is 57.8 Å². The van der Waals surface area contributed by atoms with Crippen LogP contribution in [0.1, 0.15) is 57.8 Å². The van der Waals surface area contributed by atoms with Gasteiger partial charge in [0.25, 0.3) is 0 Å². The fourth-order valence-corrected chi connectivity index (χ4v) is 3.96. The summed E-state index contributed by atoms with van der Waals surface area (Å²) in [4.78, 5) is 23.7. The van der Waals surface area contributed by atoms with E-state index in [0.717, 1.165) is 50.0 Å². The molecule has 0 bridgehead atoms. The number of thioether (sulfide) groups is 1. The maximum Gasteiger partial charge on any atom is 0.224 e. The number of benzene rings is 1. The third-order valence-corrected chi connectivity index (χ3v) is 5.40. The van der Waals surface area contributed by atoms with Gasteiger partial charge >= 0.3 is 0 Å². The van der Waals surface area contributed by atoms with Gasteiger partial charge in [0.1, 0.15) is 0 Å². The highest BCUT2D eigenvalue weighted by molar-refractivity contribution is 8.13. The molecule has 1 aromatic carbocycles. The Morgan fingerprint density at radius 1 is 1.00 bits per heavy atom. The standard InChI is InChI=1S/C19H27NO2S/c21-18(20-17-12-4-3-5-13-17)14-6-1-2-9-15-23-19(22)16-10-7-8-11-16/h3-5,12-13,16H,1-2,6-11,14-15H2,(H,20,21). The van der Waals surface area contributed by atoms with Crippen molar-refractivity contribution in [3.63, 3.8) is 0 Å². The number of anilines is 1. The van der Waals surface area contributed by atoms with E-state index in [4.69, 9.17) is 0 Å². The van der Waals surface area contributed by atoms with Gasteiger partial charge in [-0.25, -0.2) is 0 Å². The molecule has 126 valence electrons. The molecule has 0 aromatic heterocycles. The molecular formula is C19H27NO2S. The molecule has 2 rings (SSSR count). The van der Waals surface area contributed by atoms with E-state index in [9.17, 15) is 9.59 Å². The van der Waals surface area contributed by atoms with Gasteiger partial charge in [-0.3, -0.25) is 9.59 Å². The molecule has 0 saturated heterocycles. The van der Waals surface area contributed by atoms with Crippen LogP contribution in [0.4, 0.5) is 5.69 Å². The SMILES string of the molecule is O=C(CCCCCCSC(=O)C1CCCC1)Nc1ccccc1. The number of para-hydroxylation sites is 1. The predicted octanol–water partition coefficient (Wildman–Crippen LogP) is 5.03. The second-order valence-corrected chi connectivity index (χ2v) is 7.33. The van der Waals surface area contributed by atoms with Crippen LogP contribution in [-0.4, -0.2) is 16.8 Å². The van der Waals surface area contributed by atoms with Crippen LogP contribution in [0.5, 0.6) is 0 Å². The molecule has 1 aliphatic rings. The smallest absolute Gasteiger partial charge is 0.224 e. The van der Waals surface area contributed by atoms with Crippen LogP contribution in [0, 0.1) is 5.92 Å². The summed E-state index contributed by atoms with van der Waals surface area (Å²) in [6.07, 6.45) is 9.37. The number of amides is 1. The van der Waals surface area contributed by atoms with Crippen molar-refractivity contribution in [1.29, 1.82) is 0 Å². The highest BCUT2D eigenvalue weighted by Crippen LogP contribution is 2.29. The number of carbonyl (C=O) groups is 2. The van der Waals surface area contributed by atoms with Crippen LogP contribution in [0.3, 0.4) is 0 Å². The molecule has 1 aliphatic carbocycles. The Hall–Kier alpha value is -1.29. The zero-order valence-electron chi connectivity index (χ0n) is 13.8. The molecule has 0 unspecified atom stereocenters. The van der Waals surface area contributed by atoms with Crippen molar-refractivity contribution in [3.8, 4) is 0 Å². The van der Waals surface area contributed by atoms with E-state index >= 15 is 0 Å². The Kier molecular flexibility index (Phi) is 8.23.